The number of nitrogens with one attached hydrogen (secondary N) is 1. The molecule has 0 amide bonds. The van der Waals surface area contributed by atoms with Gasteiger partial charge in [-0.3, -0.25) is 9.98 Å². The molecule has 0 aliphatic heterocycles. The molecule has 4 heteroatoms. The lowest BCUT2D eigenvalue weighted by molar-refractivity contribution is 0.380. The van der Waals surface area contributed by atoms with Crippen molar-refractivity contribution in [2.75, 3.05) is 7.11 Å². The van der Waals surface area contributed by atoms with Crippen LogP contribution in [0.2, 0.25) is 0 Å². The zero-order valence-electron chi connectivity index (χ0n) is 5.03. The van der Waals surface area contributed by atoms with E-state index in [1.807, 2.05) is 0 Å². The number of imidazole rings is 1. The Morgan fingerprint density at radius 3 is 3.00 bits per heavy atom. The number of aromatic nitrogens is 2. The standard InChI is InChI=1S/C5H7N3O/c1-9-5(6)8-3-2-7-4-8/h2-4,6H,1H3. The molecule has 0 spiro atoms. The molecule has 1 N–H and O–H groups in total. The van der Waals surface area contributed by atoms with Crippen molar-refractivity contribution in [2.45, 2.75) is 0 Å². The van der Waals surface area contributed by atoms with Crippen molar-refractivity contribution in [3.8, 4) is 0 Å². The number of ether oxygens (including phenoxy) is 1. The van der Waals surface area contributed by atoms with Crippen molar-refractivity contribution in [1.29, 1.82) is 5.41 Å². The lowest BCUT2D eigenvalue weighted by atomic mass is 10.9. The molecule has 0 aliphatic rings. The van der Waals surface area contributed by atoms with Gasteiger partial charge in [0, 0.05) is 12.4 Å². The third kappa shape index (κ3) is 1.07. The van der Waals surface area contributed by atoms with Crippen molar-refractivity contribution in [3.63, 3.8) is 0 Å². The van der Waals surface area contributed by atoms with Crippen LogP contribution in [-0.2, 0) is 4.74 Å². The predicted molar refractivity (Wildman–Crippen MR) is 32.4 cm³/mol. The van der Waals surface area contributed by atoms with E-state index in [0.717, 1.165) is 0 Å². The van der Waals surface area contributed by atoms with Gasteiger partial charge in [-0.2, -0.15) is 0 Å². The maximum absolute atomic E-state index is 7.10. The van der Waals surface area contributed by atoms with Gasteiger partial charge in [-0.25, -0.2) is 4.98 Å². The first-order valence-corrected chi connectivity index (χ1v) is 2.45. The van der Waals surface area contributed by atoms with Gasteiger partial charge >= 0.3 is 0 Å². The van der Waals surface area contributed by atoms with Crippen LogP contribution in [0.5, 0.6) is 0 Å². The average molecular weight is 125 g/mol. The molecule has 4 nitrogen and oxygen atoms in total. The molecule has 0 saturated carbocycles. The molecular weight excluding hydrogens is 118 g/mol. The first kappa shape index (κ1) is 5.81. The molecule has 0 saturated heterocycles. The summed E-state index contributed by atoms with van der Waals surface area (Å²) in [4.78, 5) is 3.73. The highest BCUT2D eigenvalue weighted by atomic mass is 16.5. The van der Waals surface area contributed by atoms with Gasteiger partial charge in [0.1, 0.15) is 6.33 Å². The molecule has 1 heterocycles. The van der Waals surface area contributed by atoms with E-state index < -0.39 is 0 Å². The van der Waals surface area contributed by atoms with Gasteiger partial charge in [-0.05, 0) is 0 Å². The number of hydrogen-bond donors (Lipinski definition) is 1. The van der Waals surface area contributed by atoms with Crippen LogP contribution in [0.15, 0.2) is 18.7 Å². The predicted octanol–water partition coefficient (Wildman–Crippen LogP) is 0.312. The summed E-state index contributed by atoms with van der Waals surface area (Å²) >= 11 is 0. The van der Waals surface area contributed by atoms with E-state index in [1.165, 1.54) is 18.0 Å². The van der Waals surface area contributed by atoms with Gasteiger partial charge in [0.2, 0.25) is 0 Å². The number of nitrogens with zero attached hydrogens (tertiary/aromatic N) is 2. The van der Waals surface area contributed by atoms with E-state index in [0.29, 0.717) is 0 Å². The summed E-state index contributed by atoms with van der Waals surface area (Å²) in [6.07, 6.45) is 4.74. The van der Waals surface area contributed by atoms with Crippen LogP contribution >= 0.6 is 0 Å². The molecule has 9 heavy (non-hydrogen) atoms. The molecule has 1 aromatic rings. The monoisotopic (exact) mass is 125 g/mol. The van der Waals surface area contributed by atoms with E-state index in [9.17, 15) is 0 Å². The Kier molecular flexibility index (Phi) is 1.48. The molecular formula is C5H7N3O. The van der Waals surface area contributed by atoms with Crippen molar-refractivity contribution >= 4 is 6.02 Å². The van der Waals surface area contributed by atoms with E-state index in [4.69, 9.17) is 5.41 Å². The minimum absolute atomic E-state index is 0.0764. The molecule has 0 aliphatic carbocycles. The molecule has 1 rings (SSSR count). The molecule has 0 aromatic carbocycles. The van der Waals surface area contributed by atoms with E-state index >= 15 is 0 Å². The van der Waals surface area contributed by atoms with Gasteiger partial charge < -0.3 is 4.74 Å². The summed E-state index contributed by atoms with van der Waals surface area (Å²) in [7, 11) is 1.45. The summed E-state index contributed by atoms with van der Waals surface area (Å²) in [5, 5.41) is 7.10. The van der Waals surface area contributed by atoms with Crippen LogP contribution in [0, 0.1) is 5.41 Å². The van der Waals surface area contributed by atoms with E-state index in [1.54, 1.807) is 12.4 Å². The van der Waals surface area contributed by atoms with Crippen LogP contribution in [0.3, 0.4) is 0 Å². The third-order valence-corrected chi connectivity index (χ3v) is 0.932. The fourth-order valence-corrected chi connectivity index (χ4v) is 0.485. The molecule has 0 atom stereocenters. The summed E-state index contributed by atoms with van der Waals surface area (Å²) in [5.74, 6) is 0. The van der Waals surface area contributed by atoms with Gasteiger partial charge in [0.25, 0.3) is 6.02 Å². The molecule has 48 valence electrons. The molecule has 0 radical (unpaired) electrons. The van der Waals surface area contributed by atoms with Gasteiger partial charge in [-0.1, -0.05) is 0 Å². The second-order valence-electron chi connectivity index (χ2n) is 1.48. The maximum atomic E-state index is 7.10. The highest BCUT2D eigenvalue weighted by Crippen LogP contribution is 1.84. The minimum Gasteiger partial charge on any atom is -0.468 e. The second kappa shape index (κ2) is 2.30. The Bertz CT molecular complexity index is 192. The summed E-state index contributed by atoms with van der Waals surface area (Å²) in [6.45, 7) is 0. The average Bonchev–Trinajstić information content (AvgIpc) is 2.37. The SMILES string of the molecule is COC(=N)n1ccnc1. The van der Waals surface area contributed by atoms with Crippen LogP contribution in [0.25, 0.3) is 0 Å². The minimum atomic E-state index is 0.0764. The zero-order valence-corrected chi connectivity index (χ0v) is 5.03. The van der Waals surface area contributed by atoms with Crippen LogP contribution in [0.1, 0.15) is 0 Å². The highest BCUT2D eigenvalue weighted by Gasteiger charge is 1.93. The fraction of sp³-hybridized carbons (Fsp3) is 0.200. The molecule has 0 bridgehead atoms. The topological polar surface area (TPSA) is 50.9 Å². The van der Waals surface area contributed by atoms with Gasteiger partial charge in [-0.15, -0.1) is 0 Å². The summed E-state index contributed by atoms with van der Waals surface area (Å²) in [5.41, 5.74) is 0. The number of methoxy groups -OCH3 is 1. The van der Waals surface area contributed by atoms with Crippen molar-refractivity contribution in [1.82, 2.24) is 9.55 Å². The summed E-state index contributed by atoms with van der Waals surface area (Å²) in [6, 6.07) is 0.0764. The van der Waals surface area contributed by atoms with Gasteiger partial charge in [0.15, 0.2) is 0 Å². The quantitative estimate of drug-likeness (QED) is 0.401. The van der Waals surface area contributed by atoms with Crippen molar-refractivity contribution in [2.24, 2.45) is 0 Å². The second-order valence-corrected chi connectivity index (χ2v) is 1.48. The number of hydrogen-bond acceptors (Lipinski definition) is 3. The van der Waals surface area contributed by atoms with Crippen LogP contribution in [-0.4, -0.2) is 22.7 Å². The zero-order chi connectivity index (χ0) is 6.69. The smallest absolute Gasteiger partial charge is 0.293 e. The first-order chi connectivity index (χ1) is 4.34. The van der Waals surface area contributed by atoms with Crippen molar-refractivity contribution in [3.05, 3.63) is 18.7 Å². The maximum Gasteiger partial charge on any atom is 0.293 e. The molecule has 0 unspecified atom stereocenters. The fourth-order valence-electron chi connectivity index (χ4n) is 0.485. The largest absolute Gasteiger partial charge is 0.468 e. The Morgan fingerprint density at radius 1 is 1.78 bits per heavy atom. The van der Waals surface area contributed by atoms with E-state index in [-0.39, 0.29) is 6.02 Å². The van der Waals surface area contributed by atoms with Gasteiger partial charge in [0.05, 0.1) is 7.11 Å². The van der Waals surface area contributed by atoms with Crippen molar-refractivity contribution < 1.29 is 4.74 Å². The lowest BCUT2D eigenvalue weighted by Gasteiger charge is -1.98. The van der Waals surface area contributed by atoms with E-state index in [2.05, 4.69) is 9.72 Å². The highest BCUT2D eigenvalue weighted by molar-refractivity contribution is 5.72. The Labute approximate surface area is 52.6 Å². The summed E-state index contributed by atoms with van der Waals surface area (Å²) < 4.78 is 6.07. The lowest BCUT2D eigenvalue weighted by Crippen LogP contribution is -2.09. The van der Waals surface area contributed by atoms with Crippen LogP contribution < -0.4 is 0 Å². The Morgan fingerprint density at radius 2 is 2.56 bits per heavy atom. The molecule has 0 fully saturated rings. The normalized spacial score (nSPS) is 9.00. The Hall–Kier alpha value is -1.32. The third-order valence-electron chi connectivity index (χ3n) is 0.932. The van der Waals surface area contributed by atoms with Crippen LogP contribution in [0.4, 0.5) is 0 Å². The Balaban J connectivity index is 2.77. The molecule has 1 aromatic heterocycles. The number of rotatable bonds is 0. The first-order valence-electron chi connectivity index (χ1n) is 2.45.